The highest BCUT2D eigenvalue weighted by Gasteiger charge is 2.64. The molecule has 3 saturated carbocycles. The Bertz CT molecular complexity index is 2080. The minimum atomic E-state index is -4.70. The Labute approximate surface area is 324 Å². The molecule has 0 spiro atoms. The normalized spacial score (nSPS) is 30.9. The van der Waals surface area contributed by atoms with E-state index in [4.69, 9.17) is 9.47 Å². The molecule has 7 atom stereocenters. The Hall–Kier alpha value is -4.54. The summed E-state index contributed by atoms with van der Waals surface area (Å²) in [5.74, 6) is -4.11. The summed E-state index contributed by atoms with van der Waals surface area (Å²) in [5, 5.41) is 11.6. The number of fused-ring (bicyclic) bond motifs is 3. The highest BCUT2D eigenvalue weighted by Crippen LogP contribution is 2.49. The number of benzene rings is 1. The van der Waals surface area contributed by atoms with E-state index >= 15 is 4.79 Å². The molecule has 0 radical (unpaired) electrons. The Balaban J connectivity index is 1.26. The molecule has 0 bridgehead atoms. The molecule has 0 unspecified atom stereocenters. The summed E-state index contributed by atoms with van der Waals surface area (Å²) in [6.07, 6.45) is 5.67. The van der Waals surface area contributed by atoms with Crippen molar-refractivity contribution in [2.24, 2.45) is 23.2 Å². The van der Waals surface area contributed by atoms with Crippen molar-refractivity contribution in [2.75, 3.05) is 20.2 Å². The van der Waals surface area contributed by atoms with Gasteiger partial charge in [-0.1, -0.05) is 32.9 Å². The zero-order valence-electron chi connectivity index (χ0n) is 31.9. The van der Waals surface area contributed by atoms with Crippen molar-refractivity contribution in [1.29, 1.82) is 0 Å². The van der Waals surface area contributed by atoms with Gasteiger partial charge in [-0.3, -0.25) is 19.3 Å². The Morgan fingerprint density at radius 1 is 1.16 bits per heavy atom. The molecule has 14 nitrogen and oxygen atoms in total. The van der Waals surface area contributed by atoms with Crippen LogP contribution >= 0.6 is 0 Å². The maximum atomic E-state index is 15.0. The molecule has 3 heterocycles. The molecule has 7 rings (SSSR count). The second kappa shape index (κ2) is 14.4. The number of pyridine rings is 1. The molecule has 2 aromatic rings. The Morgan fingerprint density at radius 3 is 2.55 bits per heavy atom. The average Bonchev–Trinajstić information content (AvgIpc) is 4.10. The van der Waals surface area contributed by atoms with Gasteiger partial charge in [0.05, 0.1) is 13.7 Å². The van der Waals surface area contributed by atoms with E-state index in [1.165, 1.54) is 35.2 Å². The first-order chi connectivity index (χ1) is 26.4. The van der Waals surface area contributed by atoms with Gasteiger partial charge in [0.2, 0.25) is 22.7 Å². The quantitative estimate of drug-likeness (QED) is 0.301. The number of amides is 4. The lowest BCUT2D eigenvalue weighted by molar-refractivity contribution is -0.144. The van der Waals surface area contributed by atoms with Crippen molar-refractivity contribution in [3.63, 3.8) is 0 Å². The van der Waals surface area contributed by atoms with Crippen molar-refractivity contribution in [2.45, 2.75) is 107 Å². The van der Waals surface area contributed by atoms with Crippen LogP contribution in [0.25, 0.3) is 10.8 Å². The number of carbonyl (C=O) groups is 4. The van der Waals surface area contributed by atoms with E-state index in [-0.39, 0.29) is 61.7 Å². The zero-order valence-corrected chi connectivity index (χ0v) is 32.7. The maximum Gasteiger partial charge on any atom is 0.408 e. The van der Waals surface area contributed by atoms with Crippen molar-refractivity contribution in [3.8, 4) is 11.6 Å². The first-order valence-corrected chi connectivity index (χ1v) is 20.7. The second-order valence-electron chi connectivity index (χ2n) is 16.9. The van der Waals surface area contributed by atoms with Gasteiger partial charge in [-0.05, 0) is 79.4 Å². The highest BCUT2D eigenvalue weighted by molar-refractivity contribution is 7.91. The van der Waals surface area contributed by atoms with Crippen LogP contribution in [0.2, 0.25) is 0 Å². The third-order valence-corrected chi connectivity index (χ3v) is 14.1. The number of rotatable bonds is 9. The number of sulfonamides is 1. The summed E-state index contributed by atoms with van der Waals surface area (Å²) >= 11 is 0. The van der Waals surface area contributed by atoms with Crippen LogP contribution in [0.1, 0.15) is 78.6 Å². The fraction of sp³-hybridized carbons (Fsp3) is 0.615. The molecule has 4 amide bonds. The Morgan fingerprint density at radius 2 is 1.89 bits per heavy atom. The summed E-state index contributed by atoms with van der Waals surface area (Å²) in [6.45, 7) is 5.76. The Kier molecular flexibility index (Phi) is 10.2. The van der Waals surface area contributed by atoms with Crippen LogP contribution < -0.4 is 19.5 Å². The van der Waals surface area contributed by atoms with Crippen LogP contribution in [0.4, 0.5) is 13.6 Å². The second-order valence-corrected chi connectivity index (χ2v) is 18.8. The number of halogens is 2. The SMILES string of the molecule is COc1cc2ccnc(O[C@@H]3C[C@H]4C(=O)N[C@]5(C(=O)NS(=O)(=O)C6(F)CC6)C[C@H]5C=CCC[C@@H](C)C[C@@H](C)[C@H](N(CC5(C)CC5)C(=O)O)C(=O)N4C3)c2cc1F. The first-order valence-electron chi connectivity index (χ1n) is 19.2. The first kappa shape index (κ1) is 39.7. The fourth-order valence-electron chi connectivity index (χ4n) is 8.33. The molecule has 1 aromatic carbocycles. The predicted molar refractivity (Wildman–Crippen MR) is 199 cm³/mol. The number of aromatic nitrogens is 1. The van der Waals surface area contributed by atoms with Gasteiger partial charge >= 0.3 is 6.09 Å². The molecule has 3 aliphatic carbocycles. The van der Waals surface area contributed by atoms with Gasteiger partial charge in [0.1, 0.15) is 23.7 Å². The number of hydrogen-bond donors (Lipinski definition) is 3. The summed E-state index contributed by atoms with van der Waals surface area (Å²) in [6, 6.07) is 1.88. The van der Waals surface area contributed by atoms with Crippen LogP contribution in [-0.2, 0) is 24.4 Å². The molecule has 1 saturated heterocycles. The number of ether oxygens (including phenoxy) is 2. The summed E-state index contributed by atoms with van der Waals surface area (Å²) < 4.78 is 68.7. The van der Waals surface area contributed by atoms with Gasteiger partial charge < -0.3 is 24.8 Å². The van der Waals surface area contributed by atoms with E-state index in [2.05, 4.69) is 10.3 Å². The van der Waals surface area contributed by atoms with Crippen molar-refractivity contribution in [1.82, 2.24) is 24.8 Å². The van der Waals surface area contributed by atoms with Crippen LogP contribution in [0, 0.1) is 29.0 Å². The molecular formula is C39H49F2N5O9S. The molecule has 3 N–H and O–H groups in total. The summed E-state index contributed by atoms with van der Waals surface area (Å²) in [7, 11) is -3.36. The lowest BCUT2D eigenvalue weighted by Gasteiger charge is -2.38. The third kappa shape index (κ3) is 7.62. The number of carbonyl (C=O) groups excluding carboxylic acids is 3. The lowest BCUT2D eigenvalue weighted by atomic mass is 9.86. The summed E-state index contributed by atoms with van der Waals surface area (Å²) in [4.78, 5) is 63.1. The van der Waals surface area contributed by atoms with Gasteiger partial charge in [0.15, 0.2) is 11.6 Å². The van der Waals surface area contributed by atoms with Gasteiger partial charge in [0, 0.05) is 43.3 Å². The van der Waals surface area contributed by atoms with E-state index in [0.29, 0.717) is 30.0 Å². The zero-order chi connectivity index (χ0) is 40.4. The van der Waals surface area contributed by atoms with E-state index in [1.807, 2.05) is 31.6 Å². The third-order valence-electron chi connectivity index (χ3n) is 12.2. The highest BCUT2D eigenvalue weighted by atomic mass is 32.2. The van der Waals surface area contributed by atoms with Crippen molar-refractivity contribution >= 4 is 44.6 Å². The van der Waals surface area contributed by atoms with Crippen LogP contribution in [-0.4, -0.2) is 101 Å². The van der Waals surface area contributed by atoms with E-state index in [1.54, 1.807) is 12.1 Å². The van der Waals surface area contributed by atoms with Gasteiger partial charge in [-0.15, -0.1) is 0 Å². The number of methoxy groups -OCH3 is 1. The van der Waals surface area contributed by atoms with Crippen LogP contribution in [0.15, 0.2) is 36.5 Å². The monoisotopic (exact) mass is 801 g/mol. The van der Waals surface area contributed by atoms with E-state index < -0.39 is 80.2 Å². The van der Waals surface area contributed by atoms with E-state index in [0.717, 1.165) is 12.8 Å². The van der Waals surface area contributed by atoms with Gasteiger partial charge in [0.25, 0.3) is 15.9 Å². The van der Waals surface area contributed by atoms with Crippen molar-refractivity contribution < 1.29 is 51.0 Å². The number of nitrogens with one attached hydrogen (secondary N) is 2. The number of carboxylic acid groups (broad SMARTS) is 1. The van der Waals surface area contributed by atoms with Gasteiger partial charge in [-0.25, -0.2) is 31.7 Å². The van der Waals surface area contributed by atoms with Crippen molar-refractivity contribution in [3.05, 3.63) is 42.4 Å². The molecule has 304 valence electrons. The molecular weight excluding hydrogens is 753 g/mol. The summed E-state index contributed by atoms with van der Waals surface area (Å²) in [5.41, 5.74) is -2.05. The molecule has 56 heavy (non-hydrogen) atoms. The largest absolute Gasteiger partial charge is 0.494 e. The fourth-order valence-corrected chi connectivity index (χ4v) is 9.58. The topological polar surface area (TPSA) is 185 Å². The number of alkyl halides is 1. The smallest absolute Gasteiger partial charge is 0.408 e. The molecule has 2 aliphatic heterocycles. The number of nitrogens with zero attached hydrogens (tertiary/aromatic N) is 3. The molecule has 1 aromatic heterocycles. The molecule has 5 aliphatic rings. The standard InChI is InChI=1S/C39H49F2N5O9S/c1-22-7-5-6-8-25-19-39(25,35(49)44-56(52,53)38(41)12-13-38)43-32(47)29-17-26(55-33-27-18-28(40)30(54-4)16-24(27)9-14-42-33)20-45(29)34(48)31(23(2)15-22)46(36(50)51)21-37(3)10-11-37/h6,8-9,14,16,18,22-23,25-26,29,31H,5,7,10-13,15,17,19-21H2,1-4H3,(H,43,47)(H,44,49)(H,50,51)/t22-,23-,25-,26-,29+,31+,39-/m1/s1. The van der Waals surface area contributed by atoms with E-state index in [9.17, 15) is 36.7 Å². The molecule has 17 heteroatoms. The van der Waals surface area contributed by atoms with Gasteiger partial charge in [-0.2, -0.15) is 0 Å². The van der Waals surface area contributed by atoms with Crippen LogP contribution in [0.5, 0.6) is 11.6 Å². The average molecular weight is 802 g/mol. The van der Waals surface area contributed by atoms with Crippen LogP contribution in [0.3, 0.4) is 0 Å². The maximum absolute atomic E-state index is 15.0. The minimum Gasteiger partial charge on any atom is -0.494 e. The lowest BCUT2D eigenvalue weighted by Crippen LogP contribution is -2.60. The minimum absolute atomic E-state index is 0.0130. The molecule has 4 fully saturated rings. The number of allylic oxidation sites excluding steroid dienone is 1. The number of hydrogen-bond acceptors (Lipinski definition) is 9. The predicted octanol–water partition coefficient (Wildman–Crippen LogP) is 4.67.